The molecule has 7 heteroatoms. The minimum atomic E-state index is -3.86. The van der Waals surface area contributed by atoms with Crippen LogP contribution in [0.2, 0.25) is 0 Å². The van der Waals surface area contributed by atoms with Crippen LogP contribution in [0.1, 0.15) is 46.0 Å². The lowest BCUT2D eigenvalue weighted by Gasteiger charge is -2.31. The molecular formula is C14H24FO5P. The lowest BCUT2D eigenvalue weighted by atomic mass is 9.94. The fraction of sp³-hybridized carbons (Fsp3) is 0.857. The van der Waals surface area contributed by atoms with Gasteiger partial charge in [-0.05, 0) is 32.8 Å². The highest BCUT2D eigenvalue weighted by Gasteiger charge is 2.42. The normalized spacial score (nSPS) is 26.4. The molecule has 2 aliphatic rings. The van der Waals surface area contributed by atoms with Gasteiger partial charge < -0.3 is 18.5 Å². The summed E-state index contributed by atoms with van der Waals surface area (Å²) in [6.07, 6.45) is 5.56. The van der Waals surface area contributed by atoms with Crippen molar-refractivity contribution in [3.8, 4) is 0 Å². The molecule has 5 nitrogen and oxygen atoms in total. The SMILES string of the molecule is CCOP(=O)(OCC)C(F)=C[C@@H]1COC2(CCCCC2)O1. The zero-order valence-electron chi connectivity index (χ0n) is 12.7. The summed E-state index contributed by atoms with van der Waals surface area (Å²) in [5, 5.41) is 0. The molecule has 21 heavy (non-hydrogen) atoms. The maximum Gasteiger partial charge on any atom is 0.389 e. The minimum Gasteiger partial charge on any atom is -0.347 e. The smallest absolute Gasteiger partial charge is 0.347 e. The summed E-state index contributed by atoms with van der Waals surface area (Å²) in [6.45, 7) is 3.79. The molecule has 1 saturated heterocycles. The zero-order valence-corrected chi connectivity index (χ0v) is 13.6. The summed E-state index contributed by atoms with van der Waals surface area (Å²) in [5.41, 5.74) is -0.896. The topological polar surface area (TPSA) is 54.0 Å². The maximum absolute atomic E-state index is 14.2. The maximum atomic E-state index is 14.2. The van der Waals surface area contributed by atoms with Crippen molar-refractivity contribution in [2.75, 3.05) is 19.8 Å². The fourth-order valence-electron chi connectivity index (χ4n) is 2.76. The average molecular weight is 322 g/mol. The second-order valence-electron chi connectivity index (χ2n) is 5.26. The molecule has 0 radical (unpaired) electrons. The van der Waals surface area contributed by atoms with Gasteiger partial charge >= 0.3 is 7.60 Å². The van der Waals surface area contributed by atoms with Gasteiger partial charge in [0.1, 0.15) is 6.10 Å². The van der Waals surface area contributed by atoms with Crippen molar-refractivity contribution in [3.63, 3.8) is 0 Å². The van der Waals surface area contributed by atoms with Crippen molar-refractivity contribution in [1.29, 1.82) is 0 Å². The number of rotatable bonds is 6. The van der Waals surface area contributed by atoms with Crippen LogP contribution < -0.4 is 0 Å². The summed E-state index contributed by atoms with van der Waals surface area (Å²) >= 11 is 0. The molecular weight excluding hydrogens is 298 g/mol. The van der Waals surface area contributed by atoms with E-state index in [1.165, 1.54) is 12.5 Å². The standard InChI is InChI=1S/C14H24FO5P/c1-3-18-21(16,19-4-2)13(15)10-12-11-17-14(20-12)8-6-5-7-9-14/h10,12H,3-9,11H2,1-2H3/t12-/m1/s1. The lowest BCUT2D eigenvalue weighted by Crippen LogP contribution is -2.33. The molecule has 1 atom stereocenters. The Balaban J connectivity index is 2.03. The molecule has 1 aliphatic heterocycles. The summed E-state index contributed by atoms with van der Waals surface area (Å²) < 4.78 is 48.0. The molecule has 0 bridgehead atoms. The first kappa shape index (κ1) is 17.1. The van der Waals surface area contributed by atoms with Gasteiger partial charge in [0.05, 0.1) is 19.8 Å². The van der Waals surface area contributed by atoms with Gasteiger partial charge in [-0.25, -0.2) is 0 Å². The van der Waals surface area contributed by atoms with E-state index in [2.05, 4.69) is 0 Å². The number of ether oxygens (including phenoxy) is 2. The number of halogens is 1. The van der Waals surface area contributed by atoms with Gasteiger partial charge in [0, 0.05) is 12.8 Å². The van der Waals surface area contributed by atoms with E-state index in [4.69, 9.17) is 18.5 Å². The largest absolute Gasteiger partial charge is 0.389 e. The Kier molecular flexibility index (Phi) is 5.97. The highest BCUT2D eigenvalue weighted by atomic mass is 31.2. The van der Waals surface area contributed by atoms with E-state index in [0.717, 1.165) is 25.7 Å². The second kappa shape index (κ2) is 7.34. The molecule has 0 aromatic rings. The van der Waals surface area contributed by atoms with Gasteiger partial charge in [0.25, 0.3) is 0 Å². The summed E-state index contributed by atoms with van der Waals surface area (Å²) in [6, 6.07) is 0. The van der Waals surface area contributed by atoms with Crippen LogP contribution in [-0.4, -0.2) is 31.7 Å². The first-order chi connectivity index (χ1) is 10.0. The van der Waals surface area contributed by atoms with Crippen molar-refractivity contribution in [3.05, 3.63) is 11.6 Å². The average Bonchev–Trinajstić information content (AvgIpc) is 2.82. The van der Waals surface area contributed by atoms with E-state index >= 15 is 0 Å². The molecule has 1 aliphatic carbocycles. The van der Waals surface area contributed by atoms with E-state index in [-0.39, 0.29) is 19.8 Å². The van der Waals surface area contributed by atoms with Gasteiger partial charge in [0.2, 0.25) is 5.57 Å². The summed E-state index contributed by atoms with van der Waals surface area (Å²) in [5.74, 6) is -0.582. The molecule has 0 aromatic carbocycles. The fourth-order valence-corrected chi connectivity index (χ4v) is 4.11. The zero-order chi connectivity index (χ0) is 15.3. The highest BCUT2D eigenvalue weighted by molar-refractivity contribution is 7.58. The molecule has 2 rings (SSSR count). The third-order valence-corrected chi connectivity index (χ3v) is 5.54. The van der Waals surface area contributed by atoms with Crippen molar-refractivity contribution in [2.24, 2.45) is 0 Å². The Bertz CT molecular complexity index is 410. The van der Waals surface area contributed by atoms with E-state index in [9.17, 15) is 8.96 Å². The van der Waals surface area contributed by atoms with E-state index in [1.807, 2.05) is 0 Å². The van der Waals surface area contributed by atoms with Crippen LogP contribution in [-0.2, 0) is 23.1 Å². The molecule has 1 heterocycles. The van der Waals surface area contributed by atoms with Crippen LogP contribution in [0, 0.1) is 0 Å². The van der Waals surface area contributed by atoms with Crippen LogP contribution in [0.5, 0.6) is 0 Å². The predicted molar refractivity (Wildman–Crippen MR) is 76.7 cm³/mol. The van der Waals surface area contributed by atoms with Crippen molar-refractivity contribution in [1.82, 2.24) is 0 Å². The van der Waals surface area contributed by atoms with E-state index < -0.39 is 25.1 Å². The van der Waals surface area contributed by atoms with Crippen LogP contribution in [0.3, 0.4) is 0 Å². The second-order valence-corrected chi connectivity index (χ2v) is 7.20. The molecule has 0 amide bonds. The molecule has 0 unspecified atom stereocenters. The van der Waals surface area contributed by atoms with Gasteiger partial charge in [-0.15, -0.1) is 0 Å². The monoisotopic (exact) mass is 322 g/mol. The van der Waals surface area contributed by atoms with Gasteiger partial charge in [-0.3, -0.25) is 4.57 Å². The highest BCUT2D eigenvalue weighted by Crippen LogP contribution is 2.57. The van der Waals surface area contributed by atoms with Gasteiger partial charge in [0.15, 0.2) is 5.79 Å². The lowest BCUT2D eigenvalue weighted by molar-refractivity contribution is -0.183. The summed E-state index contributed by atoms with van der Waals surface area (Å²) in [4.78, 5) is 0. The Morgan fingerprint density at radius 1 is 1.29 bits per heavy atom. The van der Waals surface area contributed by atoms with Crippen molar-refractivity contribution < 1.29 is 27.5 Å². The summed E-state index contributed by atoms with van der Waals surface area (Å²) in [7, 11) is -3.86. The van der Waals surface area contributed by atoms with Crippen LogP contribution in [0.15, 0.2) is 11.6 Å². The van der Waals surface area contributed by atoms with Crippen LogP contribution in [0.25, 0.3) is 0 Å². The molecule has 122 valence electrons. The van der Waals surface area contributed by atoms with Gasteiger partial charge in [-0.1, -0.05) is 6.42 Å². The minimum absolute atomic E-state index is 0.116. The molecule has 1 saturated carbocycles. The molecule has 2 fully saturated rings. The van der Waals surface area contributed by atoms with Crippen LogP contribution in [0.4, 0.5) is 4.39 Å². The van der Waals surface area contributed by atoms with E-state index in [1.54, 1.807) is 13.8 Å². The molecule has 0 aromatic heterocycles. The predicted octanol–water partition coefficient (Wildman–Crippen LogP) is 4.14. The van der Waals surface area contributed by atoms with Crippen molar-refractivity contribution >= 4 is 7.60 Å². The quantitative estimate of drug-likeness (QED) is 0.688. The van der Waals surface area contributed by atoms with Gasteiger partial charge in [-0.2, -0.15) is 4.39 Å². The molecule has 1 spiro atoms. The third kappa shape index (κ3) is 4.14. The van der Waals surface area contributed by atoms with Crippen LogP contribution >= 0.6 is 7.60 Å². The Morgan fingerprint density at radius 2 is 1.90 bits per heavy atom. The third-order valence-electron chi connectivity index (χ3n) is 3.68. The number of hydrogen-bond donors (Lipinski definition) is 0. The first-order valence-electron chi connectivity index (χ1n) is 7.62. The molecule has 0 N–H and O–H groups in total. The Labute approximate surface area is 125 Å². The number of hydrogen-bond acceptors (Lipinski definition) is 5. The van der Waals surface area contributed by atoms with Crippen molar-refractivity contribution in [2.45, 2.75) is 57.8 Å². The first-order valence-corrected chi connectivity index (χ1v) is 9.16. The Morgan fingerprint density at radius 3 is 2.48 bits per heavy atom. The Hall–Kier alpha value is -0.260. The van der Waals surface area contributed by atoms with E-state index in [0.29, 0.717) is 0 Å².